The van der Waals surface area contributed by atoms with Crippen LogP contribution in [-0.4, -0.2) is 64.6 Å². The van der Waals surface area contributed by atoms with Gasteiger partial charge in [0.05, 0.1) is 16.6 Å². The second-order valence-corrected chi connectivity index (χ2v) is 8.54. The fourth-order valence-electron chi connectivity index (χ4n) is 5.03. The van der Waals surface area contributed by atoms with Crippen molar-refractivity contribution in [3.63, 3.8) is 0 Å². The van der Waals surface area contributed by atoms with Gasteiger partial charge in [0, 0.05) is 32.3 Å². The number of carbonyl (C=O) groups is 2. The summed E-state index contributed by atoms with van der Waals surface area (Å²) in [4.78, 5) is 29.1. The Morgan fingerprint density at radius 2 is 1.96 bits per heavy atom. The molecule has 3 heterocycles. The monoisotopic (exact) mass is 394 g/mol. The molecule has 1 atom stereocenters. The molecule has 1 aromatic carbocycles. The molecule has 2 amide bonds. The lowest BCUT2D eigenvalue weighted by molar-refractivity contribution is -0.222. The Morgan fingerprint density at radius 1 is 1.25 bits per heavy atom. The van der Waals surface area contributed by atoms with Gasteiger partial charge >= 0.3 is 0 Å². The van der Waals surface area contributed by atoms with Gasteiger partial charge in [-0.3, -0.25) is 9.59 Å². The number of ether oxygens (including phenoxy) is 1. The first-order chi connectivity index (χ1) is 13.2. The number of fused-ring (bicyclic) bond motifs is 2. The molecule has 1 N–H and O–H groups in total. The van der Waals surface area contributed by atoms with E-state index in [9.17, 15) is 23.5 Å². The SMILES string of the molecule is C[C@@H]1CN(C(=O)c2ccc(F)c(O)c2F)CCN1C(=O)C12CCOC(C)(C1)C2. The highest BCUT2D eigenvalue weighted by Crippen LogP contribution is 2.57. The van der Waals surface area contributed by atoms with Gasteiger partial charge in [-0.05, 0) is 45.2 Å². The van der Waals surface area contributed by atoms with E-state index >= 15 is 0 Å². The average molecular weight is 394 g/mol. The summed E-state index contributed by atoms with van der Waals surface area (Å²) in [5.74, 6) is -4.03. The first kappa shape index (κ1) is 19.1. The standard InChI is InChI=1S/C20H24F2N2O4/c1-12-9-23(17(26)13-3-4-14(21)16(25)15(13)22)6-7-24(12)18(27)20-5-8-28-19(2,10-20)11-20/h3-4,12,25H,5-11H2,1-2H3/t12-,19?,20?/m1/s1. The lowest BCUT2D eigenvalue weighted by Crippen LogP contribution is -2.66. The fourth-order valence-corrected chi connectivity index (χ4v) is 5.03. The van der Waals surface area contributed by atoms with Crippen LogP contribution in [0.25, 0.3) is 0 Å². The van der Waals surface area contributed by atoms with Gasteiger partial charge in [-0.1, -0.05) is 0 Å². The summed E-state index contributed by atoms with van der Waals surface area (Å²) in [6.45, 7) is 5.36. The third-order valence-electron chi connectivity index (χ3n) is 6.38. The highest BCUT2D eigenvalue weighted by atomic mass is 19.1. The molecule has 1 saturated carbocycles. The number of phenolic OH excluding ortho intramolecular Hbond substituents is 1. The molecule has 0 radical (unpaired) electrons. The van der Waals surface area contributed by atoms with Crippen LogP contribution < -0.4 is 0 Å². The van der Waals surface area contributed by atoms with Crippen LogP contribution >= 0.6 is 0 Å². The van der Waals surface area contributed by atoms with E-state index in [2.05, 4.69) is 0 Å². The van der Waals surface area contributed by atoms with Crippen LogP contribution in [0.1, 0.15) is 43.5 Å². The number of aromatic hydroxyl groups is 1. The number of piperazine rings is 1. The van der Waals surface area contributed by atoms with Crippen LogP contribution in [0.5, 0.6) is 5.75 Å². The lowest BCUT2D eigenvalue weighted by atomic mass is 9.55. The molecule has 8 heteroatoms. The molecule has 4 aliphatic rings. The molecule has 152 valence electrons. The molecule has 0 aromatic heterocycles. The van der Waals surface area contributed by atoms with Gasteiger partial charge in [0.15, 0.2) is 17.4 Å². The summed E-state index contributed by atoms with van der Waals surface area (Å²) < 4.78 is 33.1. The van der Waals surface area contributed by atoms with Crippen molar-refractivity contribution in [2.75, 3.05) is 26.2 Å². The van der Waals surface area contributed by atoms with Gasteiger partial charge in [-0.15, -0.1) is 0 Å². The Hall–Kier alpha value is -2.22. The van der Waals surface area contributed by atoms with Crippen LogP contribution in [0.15, 0.2) is 12.1 Å². The normalized spacial score (nSPS) is 32.1. The van der Waals surface area contributed by atoms with Crippen molar-refractivity contribution >= 4 is 11.8 Å². The molecule has 28 heavy (non-hydrogen) atoms. The van der Waals surface area contributed by atoms with Crippen molar-refractivity contribution < 1.29 is 28.2 Å². The Morgan fingerprint density at radius 3 is 2.61 bits per heavy atom. The van der Waals surface area contributed by atoms with Crippen molar-refractivity contribution in [1.29, 1.82) is 0 Å². The van der Waals surface area contributed by atoms with Crippen LogP contribution in [-0.2, 0) is 9.53 Å². The van der Waals surface area contributed by atoms with E-state index in [-0.39, 0.29) is 41.6 Å². The zero-order valence-corrected chi connectivity index (χ0v) is 16.0. The number of rotatable bonds is 2. The summed E-state index contributed by atoms with van der Waals surface area (Å²) >= 11 is 0. The van der Waals surface area contributed by atoms with Crippen LogP contribution in [0.2, 0.25) is 0 Å². The van der Waals surface area contributed by atoms with Crippen molar-refractivity contribution in [3.05, 3.63) is 29.3 Å². The maximum absolute atomic E-state index is 14.1. The largest absolute Gasteiger partial charge is 0.503 e. The summed E-state index contributed by atoms with van der Waals surface area (Å²) in [5, 5.41) is 9.42. The van der Waals surface area contributed by atoms with E-state index in [4.69, 9.17) is 4.74 Å². The number of nitrogens with zero attached hydrogens (tertiary/aromatic N) is 2. The second kappa shape index (κ2) is 6.40. The second-order valence-electron chi connectivity index (χ2n) is 8.54. The van der Waals surface area contributed by atoms with Gasteiger partial charge in [0.25, 0.3) is 5.91 Å². The predicted molar refractivity (Wildman–Crippen MR) is 95.7 cm³/mol. The molecule has 5 rings (SSSR count). The maximum atomic E-state index is 14.1. The number of carbonyl (C=O) groups excluding carboxylic acids is 2. The highest BCUT2D eigenvalue weighted by molar-refractivity contribution is 5.95. The zero-order chi connectivity index (χ0) is 20.3. The number of hydrogen-bond donors (Lipinski definition) is 1. The molecule has 6 nitrogen and oxygen atoms in total. The molecular weight excluding hydrogens is 370 g/mol. The van der Waals surface area contributed by atoms with Crippen LogP contribution in [0, 0.1) is 17.0 Å². The van der Waals surface area contributed by atoms with E-state index in [0.717, 1.165) is 25.0 Å². The topological polar surface area (TPSA) is 70.1 Å². The van der Waals surface area contributed by atoms with Gasteiger partial charge in [0.1, 0.15) is 0 Å². The number of amides is 2. The zero-order valence-electron chi connectivity index (χ0n) is 16.0. The van der Waals surface area contributed by atoms with Gasteiger partial charge < -0.3 is 19.6 Å². The van der Waals surface area contributed by atoms with Gasteiger partial charge in [-0.25, -0.2) is 8.78 Å². The molecule has 0 unspecified atom stereocenters. The lowest BCUT2D eigenvalue weighted by Gasteiger charge is -2.59. The Kier molecular flexibility index (Phi) is 4.37. The summed E-state index contributed by atoms with van der Waals surface area (Å²) in [6.07, 6.45) is 2.17. The quantitative estimate of drug-likeness (QED) is 0.836. The fraction of sp³-hybridized carbons (Fsp3) is 0.600. The van der Waals surface area contributed by atoms with E-state index in [0.29, 0.717) is 19.6 Å². The summed E-state index contributed by atoms with van der Waals surface area (Å²) in [7, 11) is 0. The minimum absolute atomic E-state index is 0.110. The Bertz CT molecular complexity index is 838. The molecule has 0 spiro atoms. The number of phenols is 1. The maximum Gasteiger partial charge on any atom is 0.257 e. The third-order valence-corrected chi connectivity index (χ3v) is 6.38. The average Bonchev–Trinajstić information content (AvgIpc) is 2.64. The molecule has 2 bridgehead atoms. The molecule has 3 aliphatic heterocycles. The first-order valence-corrected chi connectivity index (χ1v) is 9.57. The minimum atomic E-state index is -1.26. The highest BCUT2D eigenvalue weighted by Gasteiger charge is 2.61. The Balaban J connectivity index is 1.45. The van der Waals surface area contributed by atoms with Crippen molar-refractivity contribution in [2.24, 2.45) is 5.41 Å². The van der Waals surface area contributed by atoms with Gasteiger partial charge in [-0.2, -0.15) is 0 Å². The molecule has 3 saturated heterocycles. The summed E-state index contributed by atoms with van der Waals surface area (Å²) in [5.41, 5.74) is -0.928. The number of hydrogen-bond acceptors (Lipinski definition) is 4. The minimum Gasteiger partial charge on any atom is -0.503 e. The molecular formula is C20H24F2N2O4. The smallest absolute Gasteiger partial charge is 0.257 e. The van der Waals surface area contributed by atoms with Crippen molar-refractivity contribution in [3.8, 4) is 5.75 Å². The molecule has 4 fully saturated rings. The van der Waals surface area contributed by atoms with E-state index in [1.54, 1.807) is 0 Å². The number of halogens is 2. The Labute approximate surface area is 162 Å². The summed E-state index contributed by atoms with van der Waals surface area (Å²) in [6, 6.07) is 1.68. The van der Waals surface area contributed by atoms with Crippen molar-refractivity contribution in [1.82, 2.24) is 9.80 Å². The van der Waals surface area contributed by atoms with Crippen LogP contribution in [0.4, 0.5) is 8.78 Å². The molecule has 1 aromatic rings. The van der Waals surface area contributed by atoms with E-state index < -0.39 is 23.3 Å². The number of benzene rings is 1. The predicted octanol–water partition coefficient (Wildman–Crippen LogP) is 2.30. The van der Waals surface area contributed by atoms with E-state index in [1.165, 1.54) is 4.90 Å². The molecule has 1 aliphatic carbocycles. The third kappa shape index (κ3) is 2.85. The first-order valence-electron chi connectivity index (χ1n) is 9.57. The van der Waals surface area contributed by atoms with Crippen molar-refractivity contribution in [2.45, 2.75) is 44.8 Å². The van der Waals surface area contributed by atoms with E-state index in [1.807, 2.05) is 18.7 Å². The van der Waals surface area contributed by atoms with Gasteiger partial charge in [0.2, 0.25) is 5.91 Å². The van der Waals surface area contributed by atoms with Crippen LogP contribution in [0.3, 0.4) is 0 Å².